The number of benzene rings is 1. The SMILES string of the molecule is N#Cc1ccc(CNc2ncc([N+](=O)[O-])s2)c(F)c1. The maximum Gasteiger partial charge on any atom is 0.345 e. The molecule has 8 heteroatoms. The van der Waals surface area contributed by atoms with Gasteiger partial charge in [-0.1, -0.05) is 6.07 Å². The Balaban J connectivity index is 2.06. The van der Waals surface area contributed by atoms with Gasteiger partial charge >= 0.3 is 5.00 Å². The lowest BCUT2D eigenvalue weighted by atomic mass is 10.1. The van der Waals surface area contributed by atoms with Gasteiger partial charge in [-0.2, -0.15) is 5.26 Å². The second kappa shape index (κ2) is 5.41. The third-order valence-corrected chi connectivity index (χ3v) is 3.19. The third kappa shape index (κ3) is 3.02. The highest BCUT2D eigenvalue weighted by atomic mass is 32.1. The summed E-state index contributed by atoms with van der Waals surface area (Å²) in [4.78, 5) is 13.7. The Bertz CT molecular complexity index is 665. The number of rotatable bonds is 4. The van der Waals surface area contributed by atoms with Crippen molar-refractivity contribution in [1.82, 2.24) is 4.98 Å². The Morgan fingerprint density at radius 3 is 2.95 bits per heavy atom. The summed E-state index contributed by atoms with van der Waals surface area (Å²) in [6, 6.07) is 5.97. The molecule has 1 heterocycles. The molecule has 0 aliphatic heterocycles. The number of thiazole rings is 1. The lowest BCUT2D eigenvalue weighted by Gasteiger charge is -2.04. The van der Waals surface area contributed by atoms with Crippen molar-refractivity contribution in [1.29, 1.82) is 5.26 Å². The van der Waals surface area contributed by atoms with Gasteiger partial charge in [0.1, 0.15) is 12.0 Å². The van der Waals surface area contributed by atoms with E-state index in [-0.39, 0.29) is 17.1 Å². The first-order valence-electron chi connectivity index (χ1n) is 5.13. The third-order valence-electron chi connectivity index (χ3n) is 2.29. The highest BCUT2D eigenvalue weighted by Gasteiger charge is 2.11. The normalized spacial score (nSPS) is 9.89. The molecule has 1 aromatic heterocycles. The number of nitriles is 1. The van der Waals surface area contributed by atoms with E-state index in [1.165, 1.54) is 12.1 Å². The summed E-state index contributed by atoms with van der Waals surface area (Å²) in [5.74, 6) is -0.502. The molecule has 0 aliphatic carbocycles. The van der Waals surface area contributed by atoms with Gasteiger partial charge in [0.2, 0.25) is 0 Å². The van der Waals surface area contributed by atoms with E-state index in [0.29, 0.717) is 10.7 Å². The van der Waals surface area contributed by atoms with E-state index < -0.39 is 10.7 Å². The highest BCUT2D eigenvalue weighted by Crippen LogP contribution is 2.25. The van der Waals surface area contributed by atoms with E-state index in [9.17, 15) is 14.5 Å². The Morgan fingerprint density at radius 1 is 1.58 bits per heavy atom. The standard InChI is InChI=1S/C11H7FN4O2S/c12-9-3-7(4-13)1-2-8(9)5-14-11-15-6-10(19-11)16(17)18/h1-3,6H,5H2,(H,14,15). The molecule has 1 N–H and O–H groups in total. The van der Waals surface area contributed by atoms with Gasteiger partial charge in [-0.05, 0) is 23.5 Å². The largest absolute Gasteiger partial charge is 0.357 e. The maximum absolute atomic E-state index is 13.6. The number of hydrogen-bond acceptors (Lipinski definition) is 6. The second-order valence-electron chi connectivity index (χ2n) is 3.53. The lowest BCUT2D eigenvalue weighted by Crippen LogP contribution is -2.01. The molecule has 0 radical (unpaired) electrons. The minimum Gasteiger partial charge on any atom is -0.357 e. The van der Waals surface area contributed by atoms with Crippen LogP contribution in [-0.2, 0) is 6.54 Å². The van der Waals surface area contributed by atoms with Crippen LogP contribution in [0.2, 0.25) is 0 Å². The van der Waals surface area contributed by atoms with Crippen molar-refractivity contribution in [2.75, 3.05) is 5.32 Å². The molecule has 0 aliphatic rings. The van der Waals surface area contributed by atoms with E-state index >= 15 is 0 Å². The van der Waals surface area contributed by atoms with Gasteiger partial charge in [0, 0.05) is 12.1 Å². The van der Waals surface area contributed by atoms with E-state index in [4.69, 9.17) is 5.26 Å². The Morgan fingerprint density at radius 2 is 2.37 bits per heavy atom. The molecular formula is C11H7FN4O2S. The molecule has 0 bridgehead atoms. The molecule has 0 atom stereocenters. The van der Waals surface area contributed by atoms with Gasteiger partial charge in [0.15, 0.2) is 5.13 Å². The number of nitrogens with one attached hydrogen (secondary N) is 1. The molecule has 2 rings (SSSR count). The van der Waals surface area contributed by atoms with E-state index in [1.807, 2.05) is 6.07 Å². The Hall–Kier alpha value is -2.53. The summed E-state index contributed by atoms with van der Waals surface area (Å²) < 4.78 is 13.6. The molecule has 1 aromatic carbocycles. The number of aromatic nitrogens is 1. The van der Waals surface area contributed by atoms with Crippen molar-refractivity contribution >= 4 is 21.5 Å². The Kier molecular flexibility index (Phi) is 3.68. The molecule has 0 amide bonds. The van der Waals surface area contributed by atoms with E-state index in [2.05, 4.69) is 10.3 Å². The van der Waals surface area contributed by atoms with Crippen LogP contribution in [0, 0.1) is 27.3 Å². The van der Waals surface area contributed by atoms with Crippen LogP contribution in [0.1, 0.15) is 11.1 Å². The first-order valence-corrected chi connectivity index (χ1v) is 5.94. The summed E-state index contributed by atoms with van der Waals surface area (Å²) in [6.07, 6.45) is 1.14. The fourth-order valence-electron chi connectivity index (χ4n) is 1.36. The number of nitro groups is 1. The maximum atomic E-state index is 13.6. The fraction of sp³-hybridized carbons (Fsp3) is 0.0909. The second-order valence-corrected chi connectivity index (χ2v) is 4.54. The minimum atomic E-state index is -0.537. The van der Waals surface area contributed by atoms with Crippen molar-refractivity contribution in [3.05, 3.63) is 51.5 Å². The van der Waals surface area contributed by atoms with Crippen molar-refractivity contribution in [3.63, 3.8) is 0 Å². The van der Waals surface area contributed by atoms with Crippen LogP contribution in [0.4, 0.5) is 14.5 Å². The molecule has 96 valence electrons. The zero-order valence-corrected chi connectivity index (χ0v) is 10.3. The van der Waals surface area contributed by atoms with Crippen LogP contribution in [0.25, 0.3) is 0 Å². The summed E-state index contributed by atoms with van der Waals surface area (Å²) in [6.45, 7) is 0.141. The summed E-state index contributed by atoms with van der Waals surface area (Å²) in [5, 5.41) is 22.1. The smallest absolute Gasteiger partial charge is 0.345 e. The van der Waals surface area contributed by atoms with Gasteiger partial charge in [-0.15, -0.1) is 0 Å². The van der Waals surface area contributed by atoms with Crippen molar-refractivity contribution in [2.45, 2.75) is 6.54 Å². The van der Waals surface area contributed by atoms with Crippen LogP contribution in [-0.4, -0.2) is 9.91 Å². The molecule has 0 fully saturated rings. The van der Waals surface area contributed by atoms with Crippen LogP contribution in [0.5, 0.6) is 0 Å². The van der Waals surface area contributed by atoms with E-state index in [0.717, 1.165) is 23.6 Å². The topological polar surface area (TPSA) is 91.8 Å². The zero-order chi connectivity index (χ0) is 13.8. The molecule has 19 heavy (non-hydrogen) atoms. The van der Waals surface area contributed by atoms with Crippen molar-refractivity contribution in [3.8, 4) is 6.07 Å². The van der Waals surface area contributed by atoms with Crippen LogP contribution < -0.4 is 5.32 Å². The number of nitrogens with zero attached hydrogens (tertiary/aromatic N) is 3. The minimum absolute atomic E-state index is 0.0807. The zero-order valence-electron chi connectivity index (χ0n) is 9.46. The molecule has 0 saturated heterocycles. The van der Waals surface area contributed by atoms with E-state index in [1.54, 1.807) is 0 Å². The van der Waals surface area contributed by atoms with Crippen LogP contribution in [0.3, 0.4) is 0 Å². The number of hydrogen-bond donors (Lipinski definition) is 1. The molecule has 6 nitrogen and oxygen atoms in total. The van der Waals surface area contributed by atoms with Gasteiger partial charge in [0.05, 0.1) is 16.6 Å². The van der Waals surface area contributed by atoms with Crippen molar-refractivity contribution < 1.29 is 9.31 Å². The number of halogens is 1. The summed E-state index contributed by atoms with van der Waals surface area (Å²) >= 11 is 0.878. The van der Waals surface area contributed by atoms with Gasteiger partial charge in [-0.3, -0.25) is 10.1 Å². The quantitative estimate of drug-likeness (QED) is 0.685. The first kappa shape index (κ1) is 12.9. The molecule has 2 aromatic rings. The molecular weight excluding hydrogens is 271 g/mol. The number of anilines is 1. The average molecular weight is 278 g/mol. The predicted molar refractivity (Wildman–Crippen MR) is 67.2 cm³/mol. The molecule has 0 saturated carbocycles. The van der Waals surface area contributed by atoms with Gasteiger partial charge in [0.25, 0.3) is 0 Å². The van der Waals surface area contributed by atoms with Crippen LogP contribution >= 0.6 is 11.3 Å². The molecule has 0 spiro atoms. The Labute approximate surface area is 111 Å². The summed E-state index contributed by atoms with van der Waals surface area (Å²) in [5.41, 5.74) is 0.600. The van der Waals surface area contributed by atoms with Crippen LogP contribution in [0.15, 0.2) is 24.4 Å². The average Bonchev–Trinajstić information content (AvgIpc) is 2.86. The first-order chi connectivity index (χ1) is 9.10. The van der Waals surface area contributed by atoms with Gasteiger partial charge in [-0.25, -0.2) is 9.37 Å². The van der Waals surface area contributed by atoms with Gasteiger partial charge < -0.3 is 5.32 Å². The summed E-state index contributed by atoms with van der Waals surface area (Å²) in [7, 11) is 0. The molecule has 0 unspecified atom stereocenters. The monoisotopic (exact) mass is 278 g/mol. The fourth-order valence-corrected chi connectivity index (χ4v) is 1.99. The highest BCUT2D eigenvalue weighted by molar-refractivity contribution is 7.18. The lowest BCUT2D eigenvalue weighted by molar-refractivity contribution is -0.380. The van der Waals surface area contributed by atoms with Crippen molar-refractivity contribution in [2.24, 2.45) is 0 Å². The predicted octanol–water partition coefficient (Wildman–Crippen LogP) is 2.67.